The molecule has 0 bridgehead atoms. The second-order valence-corrected chi connectivity index (χ2v) is 3.55. The van der Waals surface area contributed by atoms with Gasteiger partial charge in [-0.1, -0.05) is 0 Å². The number of hydrogen-bond acceptors (Lipinski definition) is 7. The molecule has 0 aliphatic heterocycles. The van der Waals surface area contributed by atoms with Crippen LogP contribution in [0.1, 0.15) is 0 Å². The van der Waals surface area contributed by atoms with E-state index >= 15 is 0 Å². The molecular formula is C9H5N5O6. The van der Waals surface area contributed by atoms with E-state index in [1.807, 2.05) is 0 Å². The van der Waals surface area contributed by atoms with Crippen molar-refractivity contribution >= 4 is 17.1 Å². The van der Waals surface area contributed by atoms with E-state index in [1.165, 1.54) is 18.5 Å². The lowest BCUT2D eigenvalue weighted by Gasteiger charge is -2.04. The van der Waals surface area contributed by atoms with Crippen LogP contribution in [0.5, 0.6) is 0 Å². The largest absolute Gasteiger partial charge is 0.308 e. The predicted molar refractivity (Wildman–Crippen MR) is 63.5 cm³/mol. The number of nitro groups is 3. The molecule has 1 aromatic carbocycles. The molecule has 0 fully saturated rings. The molecule has 102 valence electrons. The molecule has 0 saturated carbocycles. The maximum absolute atomic E-state index is 11.0. The number of rotatable bonds is 4. The highest BCUT2D eigenvalue weighted by atomic mass is 16.6. The van der Waals surface area contributed by atoms with E-state index in [4.69, 9.17) is 0 Å². The lowest BCUT2D eigenvalue weighted by molar-refractivity contribution is -0.402. The molecule has 1 heterocycles. The highest BCUT2D eigenvalue weighted by Crippen LogP contribution is 2.36. The minimum Gasteiger partial charge on any atom is -0.258 e. The van der Waals surface area contributed by atoms with Gasteiger partial charge in [-0.05, 0) is 6.07 Å². The van der Waals surface area contributed by atoms with E-state index in [-0.39, 0.29) is 0 Å². The molecule has 0 atom stereocenters. The molecule has 20 heavy (non-hydrogen) atoms. The van der Waals surface area contributed by atoms with E-state index in [9.17, 15) is 30.3 Å². The summed E-state index contributed by atoms with van der Waals surface area (Å²) in [7, 11) is 0. The standard InChI is InChI=1S/C9H5N5O6/c15-12(16)6-4-7(13(17)18)9(8(5-6)14(19)20)11-3-1-2-10-11/h1-5H. The van der Waals surface area contributed by atoms with Crippen LogP contribution in [0.15, 0.2) is 30.6 Å². The highest BCUT2D eigenvalue weighted by molar-refractivity contribution is 5.69. The van der Waals surface area contributed by atoms with Gasteiger partial charge in [0.15, 0.2) is 0 Å². The van der Waals surface area contributed by atoms with Crippen LogP contribution in [0, 0.1) is 30.3 Å². The summed E-state index contributed by atoms with van der Waals surface area (Å²) in [5, 5.41) is 36.3. The Morgan fingerprint density at radius 1 is 0.950 bits per heavy atom. The first-order chi connectivity index (χ1) is 9.41. The minimum atomic E-state index is -0.938. The van der Waals surface area contributed by atoms with Crippen molar-refractivity contribution < 1.29 is 14.8 Å². The highest BCUT2D eigenvalue weighted by Gasteiger charge is 2.31. The summed E-state index contributed by atoms with van der Waals surface area (Å²) in [6.07, 6.45) is 2.54. The SMILES string of the molecule is O=[N+]([O-])c1cc([N+](=O)[O-])c(-n2cccn2)c([N+](=O)[O-])c1. The van der Waals surface area contributed by atoms with Crippen molar-refractivity contribution in [3.05, 3.63) is 60.9 Å². The molecule has 0 N–H and O–H groups in total. The Morgan fingerprint density at radius 3 is 1.85 bits per heavy atom. The fraction of sp³-hybridized carbons (Fsp3) is 0. The van der Waals surface area contributed by atoms with Crippen molar-refractivity contribution in [1.82, 2.24) is 9.78 Å². The first kappa shape index (κ1) is 13.1. The van der Waals surface area contributed by atoms with Crippen LogP contribution in [-0.2, 0) is 0 Å². The summed E-state index contributed by atoms with van der Waals surface area (Å²) in [5.41, 5.74) is -2.71. The Kier molecular flexibility index (Phi) is 3.08. The maximum Gasteiger partial charge on any atom is 0.308 e. The molecule has 0 radical (unpaired) electrons. The van der Waals surface area contributed by atoms with Crippen LogP contribution in [0.2, 0.25) is 0 Å². The zero-order valence-corrected chi connectivity index (χ0v) is 9.57. The van der Waals surface area contributed by atoms with E-state index in [0.29, 0.717) is 12.1 Å². The monoisotopic (exact) mass is 279 g/mol. The van der Waals surface area contributed by atoms with Gasteiger partial charge >= 0.3 is 11.4 Å². The number of hydrogen-bond donors (Lipinski definition) is 0. The molecule has 0 amide bonds. The zero-order valence-electron chi connectivity index (χ0n) is 9.57. The van der Waals surface area contributed by atoms with Gasteiger partial charge in [0.2, 0.25) is 5.69 Å². The summed E-state index contributed by atoms with van der Waals surface area (Å²) >= 11 is 0. The van der Waals surface area contributed by atoms with Crippen LogP contribution >= 0.6 is 0 Å². The van der Waals surface area contributed by atoms with Crippen LogP contribution in [0.4, 0.5) is 17.1 Å². The topological polar surface area (TPSA) is 147 Å². The quantitative estimate of drug-likeness (QED) is 0.609. The Morgan fingerprint density at radius 2 is 1.50 bits per heavy atom. The van der Waals surface area contributed by atoms with Crippen molar-refractivity contribution in [2.75, 3.05) is 0 Å². The average Bonchev–Trinajstić information content (AvgIpc) is 2.90. The molecule has 2 aromatic rings. The Labute approximate surface area is 109 Å². The number of nitrogens with zero attached hydrogens (tertiary/aromatic N) is 5. The van der Waals surface area contributed by atoms with Gasteiger partial charge in [0.1, 0.15) is 0 Å². The maximum atomic E-state index is 11.0. The first-order valence-electron chi connectivity index (χ1n) is 5.03. The molecular weight excluding hydrogens is 274 g/mol. The first-order valence-corrected chi connectivity index (χ1v) is 5.03. The summed E-state index contributed by atoms with van der Waals surface area (Å²) < 4.78 is 0.917. The Balaban J connectivity index is 2.85. The average molecular weight is 279 g/mol. The van der Waals surface area contributed by atoms with Gasteiger partial charge in [-0.25, -0.2) is 4.68 Å². The van der Waals surface area contributed by atoms with Gasteiger partial charge in [0.05, 0.1) is 26.9 Å². The van der Waals surface area contributed by atoms with Crippen molar-refractivity contribution in [2.24, 2.45) is 0 Å². The van der Waals surface area contributed by atoms with Gasteiger partial charge in [-0.3, -0.25) is 30.3 Å². The molecule has 1 aromatic heterocycles. The third-order valence-corrected chi connectivity index (χ3v) is 2.39. The molecule has 0 aliphatic rings. The summed E-state index contributed by atoms with van der Waals surface area (Å²) in [4.78, 5) is 29.9. The number of nitro benzene ring substituents is 3. The molecule has 11 heteroatoms. The van der Waals surface area contributed by atoms with Crippen LogP contribution < -0.4 is 0 Å². The normalized spacial score (nSPS) is 10.2. The third-order valence-electron chi connectivity index (χ3n) is 2.39. The van der Waals surface area contributed by atoms with E-state index in [0.717, 1.165) is 4.68 Å². The molecule has 2 rings (SSSR count). The fourth-order valence-corrected chi connectivity index (χ4v) is 1.61. The van der Waals surface area contributed by atoms with Gasteiger partial charge in [-0.2, -0.15) is 5.10 Å². The van der Waals surface area contributed by atoms with Crippen molar-refractivity contribution in [3.63, 3.8) is 0 Å². The number of benzene rings is 1. The van der Waals surface area contributed by atoms with E-state index in [1.54, 1.807) is 0 Å². The van der Waals surface area contributed by atoms with Crippen molar-refractivity contribution in [3.8, 4) is 5.69 Å². The minimum absolute atomic E-state index is 0.435. The lowest BCUT2D eigenvalue weighted by Crippen LogP contribution is -2.06. The molecule has 0 saturated heterocycles. The van der Waals surface area contributed by atoms with Gasteiger partial charge in [0, 0.05) is 12.4 Å². The Hall–Kier alpha value is -3.37. The number of aromatic nitrogens is 2. The van der Waals surface area contributed by atoms with Crippen LogP contribution in [0.25, 0.3) is 5.69 Å². The predicted octanol–water partition coefficient (Wildman–Crippen LogP) is 1.60. The summed E-state index contributed by atoms with van der Waals surface area (Å²) in [5.74, 6) is 0. The lowest BCUT2D eigenvalue weighted by atomic mass is 10.2. The molecule has 0 spiro atoms. The summed E-state index contributed by atoms with van der Waals surface area (Å²) in [6.45, 7) is 0. The number of non-ortho nitro benzene ring substituents is 1. The van der Waals surface area contributed by atoms with Gasteiger partial charge < -0.3 is 0 Å². The third kappa shape index (κ3) is 2.14. The second kappa shape index (κ2) is 4.72. The fourth-order valence-electron chi connectivity index (χ4n) is 1.61. The molecule has 11 nitrogen and oxygen atoms in total. The van der Waals surface area contributed by atoms with E-state index < -0.39 is 37.5 Å². The second-order valence-electron chi connectivity index (χ2n) is 3.55. The smallest absolute Gasteiger partial charge is 0.258 e. The van der Waals surface area contributed by atoms with Crippen LogP contribution in [0.3, 0.4) is 0 Å². The van der Waals surface area contributed by atoms with Crippen molar-refractivity contribution in [1.29, 1.82) is 0 Å². The zero-order chi connectivity index (χ0) is 14.9. The van der Waals surface area contributed by atoms with Gasteiger partial charge in [-0.15, -0.1) is 0 Å². The van der Waals surface area contributed by atoms with E-state index in [2.05, 4.69) is 5.10 Å². The summed E-state index contributed by atoms with van der Waals surface area (Å²) in [6, 6.07) is 2.73. The molecule has 0 unspecified atom stereocenters. The van der Waals surface area contributed by atoms with Crippen molar-refractivity contribution in [2.45, 2.75) is 0 Å². The van der Waals surface area contributed by atoms with Crippen LogP contribution in [-0.4, -0.2) is 24.6 Å². The van der Waals surface area contributed by atoms with Gasteiger partial charge in [0.25, 0.3) is 5.69 Å². The molecule has 0 aliphatic carbocycles. The Bertz CT molecular complexity index is 675.